The molecule has 2 aliphatic carbocycles. The van der Waals surface area contributed by atoms with Gasteiger partial charge in [-0.25, -0.2) is 0 Å². The van der Waals surface area contributed by atoms with Gasteiger partial charge in [0.05, 0.1) is 11.9 Å². The number of aromatic nitrogens is 1. The van der Waals surface area contributed by atoms with Crippen molar-refractivity contribution in [1.29, 1.82) is 0 Å². The molecule has 0 bridgehead atoms. The van der Waals surface area contributed by atoms with Gasteiger partial charge in [-0.1, -0.05) is 6.92 Å². The molecule has 1 aromatic rings. The van der Waals surface area contributed by atoms with Crippen LogP contribution in [0.5, 0.6) is 0 Å². The van der Waals surface area contributed by atoms with Gasteiger partial charge >= 0.3 is 0 Å². The van der Waals surface area contributed by atoms with Gasteiger partial charge in [0.15, 0.2) is 5.78 Å². The fourth-order valence-corrected chi connectivity index (χ4v) is 2.43. The first-order valence-corrected chi connectivity index (χ1v) is 7.50. The Kier molecular flexibility index (Phi) is 3.54. The lowest BCUT2D eigenvalue weighted by molar-refractivity contribution is 0.0983. The third-order valence-corrected chi connectivity index (χ3v) is 4.07. The molecular weight excluding hydrogens is 236 g/mol. The first kappa shape index (κ1) is 12.6. The highest BCUT2D eigenvalue weighted by atomic mass is 16.1. The summed E-state index contributed by atoms with van der Waals surface area (Å²) in [6.45, 7) is 4.21. The molecule has 3 rings (SSSR count). The Morgan fingerprint density at radius 1 is 1.21 bits per heavy atom. The lowest BCUT2D eigenvalue weighted by atomic mass is 10.2. The Morgan fingerprint density at radius 3 is 2.26 bits per heavy atom. The van der Waals surface area contributed by atoms with Crippen LogP contribution in [-0.2, 0) is 0 Å². The standard InChI is InChI=1S/C16H22N2O/c1-2-16(19)15-8-7-14(9-17-15)18(10-12-3-4-12)11-13-5-6-13/h7-9,12-13H,2-6,10-11H2,1H3. The van der Waals surface area contributed by atoms with Crippen molar-refractivity contribution < 1.29 is 4.79 Å². The number of hydrogen-bond donors (Lipinski definition) is 0. The molecule has 2 saturated carbocycles. The second-order valence-electron chi connectivity index (χ2n) is 5.97. The number of hydrogen-bond acceptors (Lipinski definition) is 3. The monoisotopic (exact) mass is 258 g/mol. The molecule has 0 N–H and O–H groups in total. The molecule has 3 nitrogen and oxygen atoms in total. The molecule has 1 aromatic heterocycles. The van der Waals surface area contributed by atoms with E-state index in [0.29, 0.717) is 12.1 Å². The topological polar surface area (TPSA) is 33.2 Å². The van der Waals surface area contributed by atoms with Crippen LogP contribution < -0.4 is 4.90 Å². The predicted molar refractivity (Wildman–Crippen MR) is 76.5 cm³/mol. The fraction of sp³-hybridized carbons (Fsp3) is 0.625. The zero-order chi connectivity index (χ0) is 13.2. The Morgan fingerprint density at radius 2 is 1.84 bits per heavy atom. The van der Waals surface area contributed by atoms with E-state index in [-0.39, 0.29) is 5.78 Å². The second kappa shape index (κ2) is 5.32. The largest absolute Gasteiger partial charge is 0.370 e. The first-order chi connectivity index (χ1) is 9.26. The van der Waals surface area contributed by atoms with E-state index in [2.05, 4.69) is 16.0 Å². The summed E-state index contributed by atoms with van der Waals surface area (Å²) >= 11 is 0. The van der Waals surface area contributed by atoms with E-state index in [9.17, 15) is 4.79 Å². The summed E-state index contributed by atoms with van der Waals surface area (Å²) in [6, 6.07) is 3.95. The number of carbonyl (C=O) groups excluding carboxylic acids is 1. The Labute approximate surface area is 115 Å². The summed E-state index contributed by atoms with van der Waals surface area (Å²) < 4.78 is 0. The van der Waals surface area contributed by atoms with Crippen molar-refractivity contribution in [3.05, 3.63) is 24.0 Å². The minimum absolute atomic E-state index is 0.127. The van der Waals surface area contributed by atoms with Gasteiger partial charge in [0, 0.05) is 19.5 Å². The van der Waals surface area contributed by atoms with Crippen molar-refractivity contribution in [3.8, 4) is 0 Å². The molecule has 0 aliphatic heterocycles. The summed E-state index contributed by atoms with van der Waals surface area (Å²) in [5, 5.41) is 0. The van der Waals surface area contributed by atoms with Crippen LogP contribution >= 0.6 is 0 Å². The van der Waals surface area contributed by atoms with Gasteiger partial charge in [-0.05, 0) is 49.7 Å². The molecule has 0 atom stereocenters. The fourth-order valence-electron chi connectivity index (χ4n) is 2.43. The Bertz CT molecular complexity index is 432. The average molecular weight is 258 g/mol. The number of Topliss-reactive ketones (excluding diaryl/α,β-unsaturated/α-hetero) is 1. The van der Waals surface area contributed by atoms with Crippen molar-refractivity contribution in [1.82, 2.24) is 4.98 Å². The number of rotatable bonds is 7. The molecule has 0 saturated heterocycles. The minimum Gasteiger partial charge on any atom is -0.370 e. The van der Waals surface area contributed by atoms with Gasteiger partial charge in [0.1, 0.15) is 5.69 Å². The molecule has 19 heavy (non-hydrogen) atoms. The third kappa shape index (κ3) is 3.34. The van der Waals surface area contributed by atoms with Crippen LogP contribution in [0.25, 0.3) is 0 Å². The van der Waals surface area contributed by atoms with E-state index in [0.717, 1.165) is 11.8 Å². The van der Waals surface area contributed by atoms with E-state index in [4.69, 9.17) is 0 Å². The van der Waals surface area contributed by atoms with Crippen molar-refractivity contribution in [3.63, 3.8) is 0 Å². The van der Waals surface area contributed by atoms with Crippen LogP contribution in [0.2, 0.25) is 0 Å². The highest BCUT2D eigenvalue weighted by Gasteiger charge is 2.29. The lowest BCUT2D eigenvalue weighted by Gasteiger charge is -2.24. The molecule has 0 unspecified atom stereocenters. The van der Waals surface area contributed by atoms with E-state index in [1.165, 1.54) is 44.5 Å². The molecule has 102 valence electrons. The molecule has 2 fully saturated rings. The van der Waals surface area contributed by atoms with Crippen LogP contribution in [0.3, 0.4) is 0 Å². The number of nitrogens with zero attached hydrogens (tertiary/aromatic N) is 2. The van der Waals surface area contributed by atoms with Crippen LogP contribution in [0.4, 0.5) is 5.69 Å². The summed E-state index contributed by atoms with van der Waals surface area (Å²) in [4.78, 5) is 18.4. The van der Waals surface area contributed by atoms with Gasteiger partial charge in [-0.15, -0.1) is 0 Å². The maximum atomic E-state index is 11.6. The second-order valence-corrected chi connectivity index (χ2v) is 5.97. The van der Waals surface area contributed by atoms with Crippen molar-refractivity contribution in [2.24, 2.45) is 11.8 Å². The van der Waals surface area contributed by atoms with Crippen LogP contribution in [-0.4, -0.2) is 23.9 Å². The van der Waals surface area contributed by atoms with E-state index in [1.54, 1.807) is 0 Å². The maximum Gasteiger partial charge on any atom is 0.180 e. The molecule has 0 aromatic carbocycles. The SMILES string of the molecule is CCC(=O)c1ccc(N(CC2CC2)CC2CC2)cn1. The van der Waals surface area contributed by atoms with E-state index >= 15 is 0 Å². The third-order valence-electron chi connectivity index (χ3n) is 4.07. The highest BCUT2D eigenvalue weighted by molar-refractivity contribution is 5.94. The number of pyridine rings is 1. The summed E-state index contributed by atoms with van der Waals surface area (Å²) in [5.41, 5.74) is 1.79. The molecule has 0 amide bonds. The zero-order valence-electron chi connectivity index (χ0n) is 11.6. The molecule has 0 spiro atoms. The molecule has 2 aliphatic rings. The lowest BCUT2D eigenvalue weighted by Crippen LogP contribution is -2.28. The normalized spacial score (nSPS) is 18.4. The molecule has 1 heterocycles. The number of ketones is 1. The van der Waals surface area contributed by atoms with Crippen LogP contribution in [0, 0.1) is 11.8 Å². The van der Waals surface area contributed by atoms with Gasteiger partial charge < -0.3 is 4.90 Å². The van der Waals surface area contributed by atoms with Crippen LogP contribution in [0.1, 0.15) is 49.5 Å². The Balaban J connectivity index is 1.70. The maximum absolute atomic E-state index is 11.6. The summed E-state index contributed by atoms with van der Waals surface area (Å²) in [5.74, 6) is 1.90. The Hall–Kier alpha value is -1.38. The van der Waals surface area contributed by atoms with Gasteiger partial charge in [-0.2, -0.15) is 0 Å². The van der Waals surface area contributed by atoms with Crippen molar-refractivity contribution >= 4 is 11.5 Å². The van der Waals surface area contributed by atoms with Gasteiger partial charge in [0.25, 0.3) is 0 Å². The van der Waals surface area contributed by atoms with Crippen molar-refractivity contribution in [2.75, 3.05) is 18.0 Å². The zero-order valence-corrected chi connectivity index (χ0v) is 11.6. The smallest absolute Gasteiger partial charge is 0.180 e. The molecule has 3 heteroatoms. The van der Waals surface area contributed by atoms with Gasteiger partial charge in [0.2, 0.25) is 0 Å². The summed E-state index contributed by atoms with van der Waals surface area (Å²) in [6.07, 6.45) is 7.91. The minimum atomic E-state index is 0.127. The van der Waals surface area contributed by atoms with Gasteiger partial charge in [-0.3, -0.25) is 9.78 Å². The van der Waals surface area contributed by atoms with E-state index in [1.807, 2.05) is 19.2 Å². The quantitative estimate of drug-likeness (QED) is 0.704. The number of anilines is 1. The van der Waals surface area contributed by atoms with Crippen molar-refractivity contribution in [2.45, 2.75) is 39.0 Å². The molecular formula is C16H22N2O. The predicted octanol–water partition coefficient (Wildman–Crippen LogP) is 3.30. The summed E-state index contributed by atoms with van der Waals surface area (Å²) in [7, 11) is 0. The highest BCUT2D eigenvalue weighted by Crippen LogP contribution is 2.35. The molecule has 0 radical (unpaired) electrons. The average Bonchev–Trinajstić information content (AvgIpc) is 3.32. The first-order valence-electron chi connectivity index (χ1n) is 7.50. The van der Waals surface area contributed by atoms with E-state index < -0.39 is 0 Å². The van der Waals surface area contributed by atoms with Crippen LogP contribution in [0.15, 0.2) is 18.3 Å². The number of carbonyl (C=O) groups is 1.